The third-order valence-electron chi connectivity index (χ3n) is 4.78. The van der Waals surface area contributed by atoms with Gasteiger partial charge in [-0.2, -0.15) is 0 Å². The Hall–Kier alpha value is -0.0700. The normalized spacial score (nSPS) is 36.0. The van der Waals surface area contributed by atoms with E-state index in [2.05, 4.69) is 15.5 Å². The largest absolute Gasteiger partial charge is 0.375 e. The Morgan fingerprint density at radius 1 is 1.24 bits per heavy atom. The fourth-order valence-electron chi connectivity index (χ4n) is 3.72. The van der Waals surface area contributed by atoms with Gasteiger partial charge in [-0.3, -0.25) is 9.69 Å². The Morgan fingerprint density at radius 3 is 2.81 bits per heavy atom. The molecule has 0 spiro atoms. The number of nitrogens with zero attached hydrogens (tertiary/aromatic N) is 1. The summed E-state index contributed by atoms with van der Waals surface area (Å²) in [5.74, 6) is 0.115. The van der Waals surface area contributed by atoms with Crippen molar-refractivity contribution in [1.29, 1.82) is 0 Å². The first-order valence-corrected chi connectivity index (χ1v) is 7.65. The summed E-state index contributed by atoms with van der Waals surface area (Å²) in [7, 11) is 0. The maximum atomic E-state index is 12.4. The molecular formula is C14H27Cl2N3O2. The maximum Gasteiger partial charge on any atom is 0.240 e. The number of nitrogens with one attached hydrogen (secondary N) is 2. The van der Waals surface area contributed by atoms with Crippen molar-refractivity contribution in [3.05, 3.63) is 0 Å². The SMILES string of the molecule is C[C@H]1OCCN[C@@H]1C(=O)NC1CCN2CCCCC12.Cl.Cl. The van der Waals surface area contributed by atoms with Gasteiger partial charge >= 0.3 is 0 Å². The molecule has 0 saturated carbocycles. The van der Waals surface area contributed by atoms with E-state index in [1.807, 2.05) is 6.92 Å². The Morgan fingerprint density at radius 2 is 2.05 bits per heavy atom. The molecule has 3 aliphatic rings. The summed E-state index contributed by atoms with van der Waals surface area (Å²) in [5, 5.41) is 6.52. The monoisotopic (exact) mass is 339 g/mol. The summed E-state index contributed by atoms with van der Waals surface area (Å²) in [5.41, 5.74) is 0. The lowest BCUT2D eigenvalue weighted by molar-refractivity contribution is -0.129. The molecule has 1 amide bonds. The Kier molecular flexibility index (Phi) is 7.71. The van der Waals surface area contributed by atoms with Gasteiger partial charge in [0.15, 0.2) is 0 Å². The summed E-state index contributed by atoms with van der Waals surface area (Å²) in [4.78, 5) is 14.9. The molecule has 21 heavy (non-hydrogen) atoms. The highest BCUT2D eigenvalue weighted by Gasteiger charge is 2.38. The molecule has 0 aliphatic carbocycles. The minimum absolute atomic E-state index is 0. The van der Waals surface area contributed by atoms with Crippen molar-refractivity contribution in [3.63, 3.8) is 0 Å². The first kappa shape index (κ1) is 19.0. The van der Waals surface area contributed by atoms with Gasteiger partial charge in [0.25, 0.3) is 0 Å². The number of amides is 1. The van der Waals surface area contributed by atoms with Crippen LogP contribution in [0.15, 0.2) is 0 Å². The molecule has 0 bridgehead atoms. The summed E-state index contributed by atoms with van der Waals surface area (Å²) in [6.45, 7) is 5.78. The van der Waals surface area contributed by atoms with Gasteiger partial charge < -0.3 is 15.4 Å². The standard InChI is InChI=1S/C14H25N3O2.2ClH/c1-10-13(15-6-9-19-10)14(18)16-11-5-8-17-7-3-2-4-12(11)17;;/h10-13,15H,2-9H2,1H3,(H,16,18);2*1H/t10-,11?,12?,13+;;/m1../s1. The van der Waals surface area contributed by atoms with E-state index in [4.69, 9.17) is 4.74 Å². The van der Waals surface area contributed by atoms with Gasteiger partial charge in [0.05, 0.1) is 12.7 Å². The van der Waals surface area contributed by atoms with Crippen LogP contribution in [0.3, 0.4) is 0 Å². The first-order chi connectivity index (χ1) is 9.25. The number of rotatable bonds is 2. The maximum absolute atomic E-state index is 12.4. The minimum Gasteiger partial charge on any atom is -0.375 e. The summed E-state index contributed by atoms with van der Waals surface area (Å²) in [6.07, 6.45) is 4.91. The van der Waals surface area contributed by atoms with Crippen LogP contribution in [0.1, 0.15) is 32.6 Å². The fraction of sp³-hybridized carbons (Fsp3) is 0.929. The zero-order valence-electron chi connectivity index (χ0n) is 12.5. The smallest absolute Gasteiger partial charge is 0.240 e. The van der Waals surface area contributed by atoms with E-state index >= 15 is 0 Å². The van der Waals surface area contributed by atoms with Gasteiger partial charge in [-0.25, -0.2) is 0 Å². The number of fused-ring (bicyclic) bond motifs is 1. The molecular weight excluding hydrogens is 313 g/mol. The van der Waals surface area contributed by atoms with Gasteiger partial charge in [-0.1, -0.05) is 6.42 Å². The van der Waals surface area contributed by atoms with Crippen molar-refractivity contribution in [2.24, 2.45) is 0 Å². The quantitative estimate of drug-likeness (QED) is 0.786. The highest BCUT2D eigenvalue weighted by molar-refractivity contribution is 5.85. The number of carbonyl (C=O) groups excluding carboxylic acids is 1. The van der Waals surface area contributed by atoms with Gasteiger partial charge in [0, 0.05) is 25.2 Å². The second kappa shape index (κ2) is 8.53. The molecule has 3 heterocycles. The van der Waals surface area contributed by atoms with Crippen molar-refractivity contribution in [3.8, 4) is 0 Å². The van der Waals surface area contributed by atoms with E-state index in [1.165, 1.54) is 25.8 Å². The zero-order valence-corrected chi connectivity index (χ0v) is 14.2. The third-order valence-corrected chi connectivity index (χ3v) is 4.78. The molecule has 0 radical (unpaired) electrons. The van der Waals surface area contributed by atoms with Crippen LogP contribution < -0.4 is 10.6 Å². The molecule has 3 saturated heterocycles. The van der Waals surface area contributed by atoms with Crippen LogP contribution in [0, 0.1) is 0 Å². The molecule has 2 N–H and O–H groups in total. The van der Waals surface area contributed by atoms with Crippen LogP contribution in [-0.4, -0.2) is 61.3 Å². The lowest BCUT2D eigenvalue weighted by Crippen LogP contribution is -2.58. The third kappa shape index (κ3) is 4.23. The molecule has 3 rings (SSSR count). The number of piperidine rings is 1. The van der Waals surface area contributed by atoms with E-state index in [0.29, 0.717) is 18.7 Å². The van der Waals surface area contributed by atoms with Gasteiger partial charge in [0.2, 0.25) is 5.91 Å². The Labute approximate surface area is 139 Å². The topological polar surface area (TPSA) is 53.6 Å². The minimum atomic E-state index is -0.189. The van der Waals surface area contributed by atoms with Crippen LogP contribution in [0.4, 0.5) is 0 Å². The van der Waals surface area contributed by atoms with Crippen molar-refractivity contribution in [1.82, 2.24) is 15.5 Å². The zero-order chi connectivity index (χ0) is 13.2. The number of halogens is 2. The molecule has 3 fully saturated rings. The van der Waals surface area contributed by atoms with E-state index < -0.39 is 0 Å². The number of hydrogen-bond donors (Lipinski definition) is 2. The molecule has 4 atom stereocenters. The average molecular weight is 340 g/mol. The number of ether oxygens (including phenoxy) is 1. The molecule has 3 aliphatic heterocycles. The van der Waals surface area contributed by atoms with E-state index in [-0.39, 0.29) is 42.9 Å². The molecule has 2 unspecified atom stereocenters. The second-order valence-corrected chi connectivity index (χ2v) is 6.01. The first-order valence-electron chi connectivity index (χ1n) is 7.65. The van der Waals surface area contributed by atoms with Gasteiger partial charge in [-0.05, 0) is 32.7 Å². The van der Waals surface area contributed by atoms with E-state index in [1.54, 1.807) is 0 Å². The summed E-state index contributed by atoms with van der Waals surface area (Å²) in [6, 6.07) is 0.715. The van der Waals surface area contributed by atoms with Crippen molar-refractivity contribution in [2.45, 2.75) is 56.8 Å². The fourth-order valence-corrected chi connectivity index (χ4v) is 3.72. The van der Waals surface area contributed by atoms with Crippen molar-refractivity contribution in [2.75, 3.05) is 26.2 Å². The second-order valence-electron chi connectivity index (χ2n) is 6.01. The number of hydrogen-bond acceptors (Lipinski definition) is 4. The van der Waals surface area contributed by atoms with Crippen molar-refractivity contribution < 1.29 is 9.53 Å². The lowest BCUT2D eigenvalue weighted by Gasteiger charge is -2.34. The lowest BCUT2D eigenvalue weighted by atomic mass is 9.98. The van der Waals surface area contributed by atoms with Crippen LogP contribution >= 0.6 is 24.8 Å². The number of carbonyl (C=O) groups is 1. The molecule has 124 valence electrons. The molecule has 7 heteroatoms. The highest BCUT2D eigenvalue weighted by atomic mass is 35.5. The summed E-state index contributed by atoms with van der Waals surface area (Å²) < 4.78 is 5.55. The van der Waals surface area contributed by atoms with Gasteiger partial charge in [-0.15, -0.1) is 24.8 Å². The average Bonchev–Trinajstić information content (AvgIpc) is 2.83. The van der Waals surface area contributed by atoms with Gasteiger partial charge in [0.1, 0.15) is 6.04 Å². The molecule has 0 aromatic carbocycles. The number of morpholine rings is 1. The van der Waals surface area contributed by atoms with E-state index in [9.17, 15) is 4.79 Å². The van der Waals surface area contributed by atoms with Crippen molar-refractivity contribution >= 4 is 30.7 Å². The predicted molar refractivity (Wildman–Crippen MR) is 87.5 cm³/mol. The highest BCUT2D eigenvalue weighted by Crippen LogP contribution is 2.27. The predicted octanol–water partition coefficient (Wildman–Crippen LogP) is 0.950. The van der Waals surface area contributed by atoms with Crippen LogP contribution in [-0.2, 0) is 9.53 Å². The van der Waals surface area contributed by atoms with Crippen LogP contribution in [0.25, 0.3) is 0 Å². The Balaban J connectivity index is 0.00000110. The Bertz CT molecular complexity index is 346. The van der Waals surface area contributed by atoms with Crippen LogP contribution in [0.5, 0.6) is 0 Å². The van der Waals surface area contributed by atoms with Crippen LogP contribution in [0.2, 0.25) is 0 Å². The van der Waals surface area contributed by atoms with E-state index in [0.717, 1.165) is 19.5 Å². The molecule has 5 nitrogen and oxygen atoms in total. The summed E-state index contributed by atoms with van der Waals surface area (Å²) >= 11 is 0. The molecule has 0 aromatic rings. The molecule has 0 aromatic heterocycles.